The van der Waals surface area contributed by atoms with Crippen LogP contribution >= 0.6 is 0 Å². The van der Waals surface area contributed by atoms with Crippen molar-refractivity contribution in [3.05, 3.63) is 83.4 Å². The van der Waals surface area contributed by atoms with Crippen LogP contribution in [0.25, 0.3) is 5.76 Å². The molecule has 0 radical (unpaired) electrons. The van der Waals surface area contributed by atoms with Gasteiger partial charge in [0, 0.05) is 31.0 Å². The lowest BCUT2D eigenvalue weighted by Gasteiger charge is -2.26. The average molecular weight is 487 g/mol. The number of ether oxygens (including phenoxy) is 3. The van der Waals surface area contributed by atoms with Gasteiger partial charge in [-0.25, -0.2) is 0 Å². The fourth-order valence-electron chi connectivity index (χ4n) is 4.44. The Morgan fingerprint density at radius 2 is 1.69 bits per heavy atom. The lowest BCUT2D eigenvalue weighted by atomic mass is 9.94. The molecule has 3 aromatic carbocycles. The number of Topliss-reactive ketones (excluding diaryl/α,β-unsaturated/α-hetero) is 1. The van der Waals surface area contributed by atoms with Gasteiger partial charge in [-0.1, -0.05) is 12.1 Å². The lowest BCUT2D eigenvalue weighted by molar-refractivity contribution is -0.132. The highest BCUT2D eigenvalue weighted by molar-refractivity contribution is 6.51. The van der Waals surface area contributed by atoms with Crippen LogP contribution in [0.2, 0.25) is 0 Å². The van der Waals surface area contributed by atoms with E-state index in [-0.39, 0.29) is 18.1 Å². The molecule has 1 saturated heterocycles. The molecule has 36 heavy (non-hydrogen) atoms. The SMILES string of the molecule is CCOc1ccc(N2C(=O)C(=O)/C(=C(\O)c3ccc4c(c3)OCO4)C2c2ccc(N(C)C)cc2)cc1. The van der Waals surface area contributed by atoms with Crippen molar-refractivity contribution < 1.29 is 28.9 Å². The summed E-state index contributed by atoms with van der Waals surface area (Å²) in [5, 5.41) is 11.3. The highest BCUT2D eigenvalue weighted by atomic mass is 16.7. The van der Waals surface area contributed by atoms with Gasteiger partial charge in [0.15, 0.2) is 11.5 Å². The first kappa shape index (κ1) is 23.3. The van der Waals surface area contributed by atoms with Gasteiger partial charge in [-0.05, 0) is 67.1 Å². The second kappa shape index (κ2) is 9.30. The number of hydrogen-bond acceptors (Lipinski definition) is 7. The molecule has 0 bridgehead atoms. The van der Waals surface area contributed by atoms with Gasteiger partial charge in [-0.3, -0.25) is 14.5 Å². The molecule has 1 amide bonds. The van der Waals surface area contributed by atoms with Crippen LogP contribution < -0.4 is 24.0 Å². The van der Waals surface area contributed by atoms with Crippen LogP contribution in [-0.4, -0.2) is 44.3 Å². The van der Waals surface area contributed by atoms with Crippen LogP contribution in [0, 0.1) is 0 Å². The van der Waals surface area contributed by atoms with E-state index in [1.807, 2.05) is 50.2 Å². The Morgan fingerprint density at radius 1 is 1.00 bits per heavy atom. The predicted molar refractivity (Wildman–Crippen MR) is 136 cm³/mol. The monoisotopic (exact) mass is 486 g/mol. The van der Waals surface area contributed by atoms with Gasteiger partial charge in [-0.2, -0.15) is 0 Å². The van der Waals surface area contributed by atoms with Crippen LogP contribution in [0.5, 0.6) is 17.2 Å². The van der Waals surface area contributed by atoms with Gasteiger partial charge in [0.1, 0.15) is 11.5 Å². The summed E-state index contributed by atoms with van der Waals surface area (Å²) in [7, 11) is 3.86. The van der Waals surface area contributed by atoms with E-state index in [4.69, 9.17) is 14.2 Å². The first-order valence-electron chi connectivity index (χ1n) is 11.6. The van der Waals surface area contributed by atoms with Gasteiger partial charge in [-0.15, -0.1) is 0 Å². The zero-order valence-electron chi connectivity index (χ0n) is 20.2. The summed E-state index contributed by atoms with van der Waals surface area (Å²) in [6, 6.07) is 18.6. The van der Waals surface area contributed by atoms with E-state index in [1.54, 1.807) is 42.5 Å². The maximum absolute atomic E-state index is 13.4. The zero-order chi connectivity index (χ0) is 25.4. The third-order valence-electron chi connectivity index (χ3n) is 6.24. The zero-order valence-corrected chi connectivity index (χ0v) is 20.2. The van der Waals surface area contributed by atoms with Crippen LogP contribution in [0.3, 0.4) is 0 Å². The maximum atomic E-state index is 13.4. The van der Waals surface area contributed by atoms with Crippen molar-refractivity contribution in [2.75, 3.05) is 37.3 Å². The molecule has 8 heteroatoms. The minimum Gasteiger partial charge on any atom is -0.507 e. The predicted octanol–water partition coefficient (Wildman–Crippen LogP) is 4.51. The van der Waals surface area contributed by atoms with Crippen molar-refractivity contribution >= 4 is 28.8 Å². The number of aliphatic hydroxyl groups excluding tert-OH is 1. The number of nitrogens with zero attached hydrogens (tertiary/aromatic N) is 2. The summed E-state index contributed by atoms with van der Waals surface area (Å²) in [6.07, 6.45) is 0. The molecular formula is C28H26N2O6. The van der Waals surface area contributed by atoms with Gasteiger partial charge in [0.2, 0.25) is 6.79 Å². The molecule has 1 N–H and O–H groups in total. The second-order valence-electron chi connectivity index (χ2n) is 8.65. The van der Waals surface area contributed by atoms with Crippen molar-refractivity contribution in [3.8, 4) is 17.2 Å². The number of rotatable bonds is 6. The number of amides is 1. The van der Waals surface area contributed by atoms with E-state index in [9.17, 15) is 14.7 Å². The molecule has 1 atom stereocenters. The average Bonchev–Trinajstić information content (AvgIpc) is 3.46. The molecule has 0 spiro atoms. The van der Waals surface area contributed by atoms with Crippen molar-refractivity contribution in [1.82, 2.24) is 0 Å². The highest BCUT2D eigenvalue weighted by Crippen LogP contribution is 2.44. The van der Waals surface area contributed by atoms with Crippen molar-refractivity contribution in [3.63, 3.8) is 0 Å². The quantitative estimate of drug-likeness (QED) is 0.312. The first-order valence-corrected chi connectivity index (χ1v) is 11.6. The van der Waals surface area contributed by atoms with Crippen LogP contribution in [0.1, 0.15) is 24.1 Å². The number of hydrogen-bond donors (Lipinski definition) is 1. The summed E-state index contributed by atoms with van der Waals surface area (Å²) in [5.41, 5.74) is 2.54. The Kier molecular flexibility index (Phi) is 6.01. The largest absolute Gasteiger partial charge is 0.507 e. The Hall–Kier alpha value is -4.46. The number of anilines is 2. The minimum atomic E-state index is -0.829. The summed E-state index contributed by atoms with van der Waals surface area (Å²) < 4.78 is 16.3. The lowest BCUT2D eigenvalue weighted by Crippen LogP contribution is -2.29. The fraction of sp³-hybridized carbons (Fsp3) is 0.214. The smallest absolute Gasteiger partial charge is 0.300 e. The van der Waals surface area contributed by atoms with Crippen molar-refractivity contribution in [2.45, 2.75) is 13.0 Å². The van der Waals surface area contributed by atoms with Crippen LogP contribution in [0.15, 0.2) is 72.3 Å². The van der Waals surface area contributed by atoms with E-state index >= 15 is 0 Å². The molecule has 0 aliphatic carbocycles. The molecule has 1 unspecified atom stereocenters. The highest BCUT2D eigenvalue weighted by Gasteiger charge is 2.47. The van der Waals surface area contributed by atoms with Gasteiger partial charge in [0.25, 0.3) is 11.7 Å². The van der Waals surface area contributed by atoms with E-state index in [2.05, 4.69) is 0 Å². The molecule has 2 aliphatic heterocycles. The second-order valence-corrected chi connectivity index (χ2v) is 8.65. The molecule has 1 fully saturated rings. The Morgan fingerprint density at radius 3 is 2.36 bits per heavy atom. The van der Waals surface area contributed by atoms with Crippen molar-refractivity contribution in [2.24, 2.45) is 0 Å². The molecular weight excluding hydrogens is 460 g/mol. The van der Waals surface area contributed by atoms with Crippen LogP contribution in [0.4, 0.5) is 11.4 Å². The van der Waals surface area contributed by atoms with E-state index in [0.717, 1.165) is 5.69 Å². The third kappa shape index (κ3) is 4.00. The van der Waals surface area contributed by atoms with Gasteiger partial charge < -0.3 is 24.2 Å². The van der Waals surface area contributed by atoms with Gasteiger partial charge in [0.05, 0.1) is 18.2 Å². The fourth-order valence-corrected chi connectivity index (χ4v) is 4.44. The number of carbonyl (C=O) groups excluding carboxylic acids is 2. The Balaban J connectivity index is 1.65. The number of carbonyl (C=O) groups is 2. The molecule has 0 aromatic heterocycles. The molecule has 3 aromatic rings. The summed E-state index contributed by atoms with van der Waals surface area (Å²) in [6.45, 7) is 2.48. The van der Waals surface area contributed by atoms with E-state index < -0.39 is 17.7 Å². The molecule has 2 heterocycles. The minimum absolute atomic E-state index is 0.00496. The van der Waals surface area contributed by atoms with Crippen molar-refractivity contribution in [1.29, 1.82) is 0 Å². The Bertz CT molecular complexity index is 1350. The third-order valence-corrected chi connectivity index (χ3v) is 6.24. The topological polar surface area (TPSA) is 88.5 Å². The summed E-state index contributed by atoms with van der Waals surface area (Å²) in [5.74, 6) is -0.0837. The van der Waals surface area contributed by atoms with Gasteiger partial charge >= 0.3 is 0 Å². The Labute approximate surface area is 208 Å². The number of fused-ring (bicyclic) bond motifs is 1. The molecule has 8 nitrogen and oxygen atoms in total. The molecule has 2 aliphatic rings. The standard InChI is InChI=1S/C28H26N2O6/c1-4-34-21-12-10-20(11-13-21)30-25(17-5-8-19(9-6-17)29(2)3)24(27(32)28(30)33)26(31)18-7-14-22-23(15-18)36-16-35-22/h5-15,25,31H,4,16H2,1-3H3/b26-24-. The number of aliphatic hydroxyl groups is 1. The molecule has 5 rings (SSSR count). The number of benzene rings is 3. The van der Waals surface area contributed by atoms with Crippen LogP contribution in [-0.2, 0) is 9.59 Å². The molecule has 184 valence electrons. The summed E-state index contributed by atoms with van der Waals surface area (Å²) in [4.78, 5) is 30.1. The first-order chi connectivity index (χ1) is 17.4. The number of ketones is 1. The summed E-state index contributed by atoms with van der Waals surface area (Å²) >= 11 is 0. The normalized spacial score (nSPS) is 18.0. The maximum Gasteiger partial charge on any atom is 0.300 e. The van der Waals surface area contributed by atoms with E-state index in [1.165, 1.54) is 4.90 Å². The molecule has 0 saturated carbocycles. The van der Waals surface area contributed by atoms with E-state index in [0.29, 0.717) is 40.7 Å².